The molecular formula is C11H20ClN5O2. The van der Waals surface area contributed by atoms with E-state index in [1.54, 1.807) is 0 Å². The van der Waals surface area contributed by atoms with Crippen LogP contribution < -0.4 is 9.80 Å². The van der Waals surface area contributed by atoms with Crippen molar-refractivity contribution < 1.29 is 10.2 Å². The molecular weight excluding hydrogens is 270 g/mol. The Balaban J connectivity index is 2.80. The predicted octanol–water partition coefficient (Wildman–Crippen LogP) is 0.162. The van der Waals surface area contributed by atoms with Crippen molar-refractivity contribution >= 4 is 23.5 Å². The van der Waals surface area contributed by atoms with Crippen LogP contribution in [0.3, 0.4) is 0 Å². The average molecular weight is 290 g/mol. The third-order valence-electron chi connectivity index (χ3n) is 2.57. The predicted molar refractivity (Wildman–Crippen MR) is 74.8 cm³/mol. The molecule has 1 aromatic rings. The monoisotopic (exact) mass is 289 g/mol. The SMILES string of the molecule is CN(CCCO)c1nc(Cl)nc(N(C)CCCO)n1. The normalized spacial score (nSPS) is 10.6. The van der Waals surface area contributed by atoms with Gasteiger partial charge in [-0.15, -0.1) is 0 Å². The Kier molecular flexibility index (Phi) is 6.75. The van der Waals surface area contributed by atoms with Crippen LogP contribution in [0, 0.1) is 0 Å². The fourth-order valence-corrected chi connectivity index (χ4v) is 1.64. The number of anilines is 2. The first-order chi connectivity index (χ1) is 9.08. The average Bonchev–Trinajstić information content (AvgIpc) is 2.41. The quantitative estimate of drug-likeness (QED) is 0.705. The highest BCUT2D eigenvalue weighted by Crippen LogP contribution is 2.15. The Hall–Kier alpha value is -1.18. The van der Waals surface area contributed by atoms with E-state index in [-0.39, 0.29) is 18.5 Å². The first-order valence-electron chi connectivity index (χ1n) is 6.14. The summed E-state index contributed by atoms with van der Waals surface area (Å²) in [7, 11) is 3.66. The standard InChI is InChI=1S/C11H20ClN5O2/c1-16(5-3-7-18)10-13-9(12)14-11(15-10)17(2)6-4-8-19/h18-19H,3-8H2,1-2H3. The molecule has 0 saturated heterocycles. The van der Waals surface area contributed by atoms with Crippen LogP contribution in [0.1, 0.15) is 12.8 Å². The molecule has 0 spiro atoms. The summed E-state index contributed by atoms with van der Waals surface area (Å²) in [6.07, 6.45) is 1.27. The fraction of sp³-hybridized carbons (Fsp3) is 0.727. The molecule has 0 atom stereocenters. The van der Waals surface area contributed by atoms with Crippen LogP contribution in [0.15, 0.2) is 0 Å². The minimum atomic E-state index is 0.117. The van der Waals surface area contributed by atoms with E-state index in [1.165, 1.54) is 0 Å². The van der Waals surface area contributed by atoms with E-state index in [2.05, 4.69) is 15.0 Å². The molecule has 0 aliphatic carbocycles. The van der Waals surface area contributed by atoms with E-state index in [4.69, 9.17) is 21.8 Å². The van der Waals surface area contributed by atoms with Gasteiger partial charge in [0.1, 0.15) is 0 Å². The summed E-state index contributed by atoms with van der Waals surface area (Å²) in [5, 5.41) is 17.8. The van der Waals surface area contributed by atoms with Crippen molar-refractivity contribution in [2.24, 2.45) is 0 Å². The number of hydrogen-bond acceptors (Lipinski definition) is 7. The molecule has 0 saturated carbocycles. The second-order valence-corrected chi connectivity index (χ2v) is 4.54. The van der Waals surface area contributed by atoms with Crippen molar-refractivity contribution in [3.05, 3.63) is 5.28 Å². The molecule has 0 fully saturated rings. The highest BCUT2D eigenvalue weighted by molar-refractivity contribution is 6.28. The molecule has 8 heteroatoms. The minimum absolute atomic E-state index is 0.117. The van der Waals surface area contributed by atoms with Gasteiger partial charge in [-0.05, 0) is 24.4 Å². The number of aromatic nitrogens is 3. The second kappa shape index (κ2) is 8.08. The zero-order chi connectivity index (χ0) is 14.3. The van der Waals surface area contributed by atoms with E-state index < -0.39 is 0 Å². The van der Waals surface area contributed by atoms with Crippen molar-refractivity contribution in [1.82, 2.24) is 15.0 Å². The van der Waals surface area contributed by atoms with Gasteiger partial charge in [0.25, 0.3) is 0 Å². The molecule has 0 unspecified atom stereocenters. The lowest BCUT2D eigenvalue weighted by atomic mass is 10.4. The molecule has 108 valence electrons. The van der Waals surface area contributed by atoms with Crippen molar-refractivity contribution in [2.45, 2.75) is 12.8 Å². The molecule has 0 bridgehead atoms. The van der Waals surface area contributed by atoms with E-state index >= 15 is 0 Å². The highest BCUT2D eigenvalue weighted by atomic mass is 35.5. The maximum Gasteiger partial charge on any atom is 0.231 e. The summed E-state index contributed by atoms with van der Waals surface area (Å²) < 4.78 is 0. The summed E-state index contributed by atoms with van der Waals surface area (Å²) >= 11 is 5.89. The van der Waals surface area contributed by atoms with Crippen molar-refractivity contribution in [3.8, 4) is 0 Å². The lowest BCUT2D eigenvalue weighted by molar-refractivity contribution is 0.290. The molecule has 0 amide bonds. The first-order valence-corrected chi connectivity index (χ1v) is 6.52. The number of aliphatic hydroxyl groups is 2. The zero-order valence-electron chi connectivity index (χ0n) is 11.3. The summed E-state index contributed by atoms with van der Waals surface area (Å²) in [5.41, 5.74) is 0. The van der Waals surface area contributed by atoms with E-state index in [9.17, 15) is 0 Å². The molecule has 1 aromatic heterocycles. The number of aliphatic hydroxyl groups excluding tert-OH is 2. The molecule has 1 heterocycles. The van der Waals surface area contributed by atoms with Gasteiger partial charge in [0, 0.05) is 40.4 Å². The summed E-state index contributed by atoms with van der Waals surface area (Å²) in [6.45, 7) is 1.51. The second-order valence-electron chi connectivity index (χ2n) is 4.20. The molecule has 0 radical (unpaired) electrons. The Bertz CT molecular complexity index is 361. The molecule has 0 aromatic carbocycles. The minimum Gasteiger partial charge on any atom is -0.396 e. The lowest BCUT2D eigenvalue weighted by Crippen LogP contribution is -2.26. The maximum absolute atomic E-state index is 8.82. The van der Waals surface area contributed by atoms with Crippen molar-refractivity contribution in [2.75, 3.05) is 50.2 Å². The Morgan fingerprint density at radius 3 is 1.68 bits per heavy atom. The van der Waals surface area contributed by atoms with Crippen molar-refractivity contribution in [3.63, 3.8) is 0 Å². The van der Waals surface area contributed by atoms with Crippen LogP contribution in [-0.2, 0) is 0 Å². The molecule has 0 aliphatic heterocycles. The third kappa shape index (κ3) is 5.14. The smallest absolute Gasteiger partial charge is 0.231 e. The number of nitrogens with zero attached hydrogens (tertiary/aromatic N) is 5. The van der Waals surface area contributed by atoms with Gasteiger partial charge in [0.2, 0.25) is 17.2 Å². The molecule has 0 aliphatic rings. The van der Waals surface area contributed by atoms with E-state index in [0.29, 0.717) is 37.8 Å². The van der Waals surface area contributed by atoms with Crippen LogP contribution in [0.4, 0.5) is 11.9 Å². The largest absolute Gasteiger partial charge is 0.396 e. The highest BCUT2D eigenvalue weighted by Gasteiger charge is 2.12. The van der Waals surface area contributed by atoms with Gasteiger partial charge in [-0.2, -0.15) is 15.0 Å². The van der Waals surface area contributed by atoms with Gasteiger partial charge < -0.3 is 20.0 Å². The molecule has 2 N–H and O–H groups in total. The summed E-state index contributed by atoms with van der Waals surface area (Å²) in [4.78, 5) is 16.1. The van der Waals surface area contributed by atoms with Gasteiger partial charge in [-0.3, -0.25) is 0 Å². The fourth-order valence-electron chi connectivity index (χ4n) is 1.49. The van der Waals surface area contributed by atoms with Gasteiger partial charge in [0.15, 0.2) is 0 Å². The van der Waals surface area contributed by atoms with Gasteiger partial charge >= 0.3 is 0 Å². The number of halogens is 1. The molecule has 19 heavy (non-hydrogen) atoms. The third-order valence-corrected chi connectivity index (χ3v) is 2.74. The van der Waals surface area contributed by atoms with Crippen LogP contribution in [0.5, 0.6) is 0 Å². The van der Waals surface area contributed by atoms with Gasteiger partial charge in [-0.1, -0.05) is 0 Å². The Labute approximate surface area is 117 Å². The van der Waals surface area contributed by atoms with Gasteiger partial charge in [-0.25, -0.2) is 0 Å². The Morgan fingerprint density at radius 2 is 1.32 bits per heavy atom. The number of rotatable bonds is 8. The van der Waals surface area contributed by atoms with Crippen LogP contribution >= 0.6 is 11.6 Å². The van der Waals surface area contributed by atoms with Crippen LogP contribution in [0.2, 0.25) is 5.28 Å². The summed E-state index contributed by atoms with van der Waals surface area (Å²) in [5.74, 6) is 0.943. The maximum atomic E-state index is 8.82. The van der Waals surface area contributed by atoms with E-state index in [1.807, 2.05) is 23.9 Å². The zero-order valence-corrected chi connectivity index (χ0v) is 12.0. The van der Waals surface area contributed by atoms with Crippen LogP contribution in [-0.4, -0.2) is 65.6 Å². The van der Waals surface area contributed by atoms with Gasteiger partial charge in [0.05, 0.1) is 0 Å². The Morgan fingerprint density at radius 1 is 0.895 bits per heavy atom. The molecule has 1 rings (SSSR count). The lowest BCUT2D eigenvalue weighted by Gasteiger charge is -2.20. The molecule has 7 nitrogen and oxygen atoms in total. The number of hydrogen-bond donors (Lipinski definition) is 2. The topological polar surface area (TPSA) is 85.6 Å². The first kappa shape index (κ1) is 15.9. The summed E-state index contributed by atoms with van der Waals surface area (Å²) in [6, 6.07) is 0. The van der Waals surface area contributed by atoms with E-state index in [0.717, 1.165) is 0 Å². The van der Waals surface area contributed by atoms with Crippen molar-refractivity contribution in [1.29, 1.82) is 0 Å². The van der Waals surface area contributed by atoms with Crippen LogP contribution in [0.25, 0.3) is 0 Å².